The Labute approximate surface area is 112 Å². The van der Waals surface area contributed by atoms with Crippen molar-refractivity contribution in [2.75, 3.05) is 25.5 Å². The second-order valence-electron chi connectivity index (χ2n) is 4.69. The molecule has 0 amide bonds. The van der Waals surface area contributed by atoms with E-state index in [1.54, 1.807) is 11.8 Å². The molecular weight excluding hydrogens is 251 g/mol. The van der Waals surface area contributed by atoms with Gasteiger partial charge in [0, 0.05) is 25.3 Å². The average Bonchev–Trinajstić information content (AvgIpc) is 2.77. The molecule has 102 valence electrons. The number of unbranched alkanes of at least 4 members (excludes halogenated alkanes) is 1. The summed E-state index contributed by atoms with van der Waals surface area (Å²) in [6.45, 7) is 1.88. The highest BCUT2D eigenvalue weighted by Crippen LogP contribution is 2.25. The van der Waals surface area contributed by atoms with Crippen molar-refractivity contribution in [3.8, 4) is 0 Å². The molecule has 0 aromatic carbocycles. The van der Waals surface area contributed by atoms with Crippen molar-refractivity contribution in [1.29, 1.82) is 0 Å². The molecule has 0 bridgehead atoms. The lowest BCUT2D eigenvalue weighted by atomic mass is 9.99. The Bertz CT molecular complexity index is 363. The first-order valence-electron chi connectivity index (χ1n) is 6.61. The number of thioether (sulfide) groups is 1. The number of nitrogens with one attached hydrogen (secondary N) is 1. The smallest absolute Gasteiger partial charge is 0.190 e. The van der Waals surface area contributed by atoms with Crippen molar-refractivity contribution in [2.45, 2.75) is 36.8 Å². The molecule has 4 nitrogen and oxygen atoms in total. The fourth-order valence-electron chi connectivity index (χ4n) is 2.24. The minimum atomic E-state index is -0.224. The summed E-state index contributed by atoms with van der Waals surface area (Å²) < 4.78 is 14.1. The quantitative estimate of drug-likeness (QED) is 0.636. The van der Waals surface area contributed by atoms with E-state index in [1.165, 1.54) is 12.8 Å². The first kappa shape index (κ1) is 13.8. The molecule has 1 aliphatic heterocycles. The summed E-state index contributed by atoms with van der Waals surface area (Å²) in [6, 6.07) is 0. The van der Waals surface area contributed by atoms with E-state index in [-0.39, 0.29) is 6.67 Å². The second-order valence-corrected chi connectivity index (χ2v) is 5.75. The third-order valence-electron chi connectivity index (χ3n) is 3.29. The molecule has 1 aliphatic rings. The fraction of sp³-hybridized carbons (Fsp3) is 0.833. The fourth-order valence-corrected chi connectivity index (χ4v) is 3.16. The van der Waals surface area contributed by atoms with E-state index in [2.05, 4.69) is 20.1 Å². The monoisotopic (exact) mass is 272 g/mol. The summed E-state index contributed by atoms with van der Waals surface area (Å²) in [5.74, 6) is 2.48. The highest BCUT2D eigenvalue weighted by molar-refractivity contribution is 7.99. The zero-order valence-electron chi connectivity index (χ0n) is 10.9. The van der Waals surface area contributed by atoms with Crippen LogP contribution in [0.4, 0.5) is 4.39 Å². The number of aromatic nitrogens is 3. The number of nitrogens with zero attached hydrogens (tertiary/aromatic N) is 3. The van der Waals surface area contributed by atoms with Crippen LogP contribution in [0.2, 0.25) is 0 Å². The van der Waals surface area contributed by atoms with Gasteiger partial charge in [-0.3, -0.25) is 4.39 Å². The third-order valence-corrected chi connectivity index (χ3v) is 4.40. The summed E-state index contributed by atoms with van der Waals surface area (Å²) in [5, 5.41) is 12.9. The van der Waals surface area contributed by atoms with E-state index in [4.69, 9.17) is 0 Å². The minimum absolute atomic E-state index is 0.224. The van der Waals surface area contributed by atoms with Gasteiger partial charge in [0.1, 0.15) is 5.82 Å². The largest absolute Gasteiger partial charge is 0.316 e. The Morgan fingerprint density at radius 3 is 3.06 bits per heavy atom. The molecule has 2 heterocycles. The molecule has 0 aliphatic carbocycles. The summed E-state index contributed by atoms with van der Waals surface area (Å²) in [7, 11) is 2.03. The second kappa shape index (κ2) is 7.09. The van der Waals surface area contributed by atoms with Crippen LogP contribution in [0.3, 0.4) is 0 Å². The molecule has 18 heavy (non-hydrogen) atoms. The number of alkyl halides is 1. The Balaban J connectivity index is 1.90. The zero-order chi connectivity index (χ0) is 12.8. The summed E-state index contributed by atoms with van der Waals surface area (Å²) in [5.41, 5.74) is 0. The lowest BCUT2D eigenvalue weighted by Crippen LogP contribution is -2.29. The number of hydrogen-bond donors (Lipinski definition) is 1. The molecule has 0 spiro atoms. The van der Waals surface area contributed by atoms with E-state index in [9.17, 15) is 4.39 Å². The zero-order valence-corrected chi connectivity index (χ0v) is 11.7. The molecule has 6 heteroatoms. The van der Waals surface area contributed by atoms with E-state index in [0.29, 0.717) is 12.3 Å². The maximum atomic E-state index is 12.0. The molecule has 1 fully saturated rings. The van der Waals surface area contributed by atoms with Crippen molar-refractivity contribution in [1.82, 2.24) is 20.1 Å². The molecule has 1 saturated heterocycles. The van der Waals surface area contributed by atoms with Gasteiger partial charge in [0.25, 0.3) is 0 Å². The average molecular weight is 272 g/mol. The lowest BCUT2D eigenvalue weighted by Gasteiger charge is -2.21. The first-order valence-corrected chi connectivity index (χ1v) is 7.60. The highest BCUT2D eigenvalue weighted by Gasteiger charge is 2.21. The lowest BCUT2D eigenvalue weighted by molar-refractivity contribution is 0.436. The van der Waals surface area contributed by atoms with Crippen LogP contribution in [0.15, 0.2) is 5.16 Å². The molecule has 1 unspecified atom stereocenters. The summed E-state index contributed by atoms with van der Waals surface area (Å²) in [6.07, 6.45) is 3.93. The van der Waals surface area contributed by atoms with Crippen LogP contribution in [0.5, 0.6) is 0 Å². The molecular formula is C12H21FN4S. The maximum absolute atomic E-state index is 12.0. The Morgan fingerprint density at radius 2 is 2.33 bits per heavy atom. The van der Waals surface area contributed by atoms with E-state index < -0.39 is 0 Å². The van der Waals surface area contributed by atoms with Crippen LogP contribution >= 0.6 is 11.8 Å². The predicted molar refractivity (Wildman–Crippen MR) is 71.8 cm³/mol. The topological polar surface area (TPSA) is 42.7 Å². The van der Waals surface area contributed by atoms with Gasteiger partial charge < -0.3 is 9.88 Å². The number of hydrogen-bond acceptors (Lipinski definition) is 4. The Morgan fingerprint density at radius 1 is 1.44 bits per heavy atom. The van der Waals surface area contributed by atoms with Crippen LogP contribution in [-0.2, 0) is 7.05 Å². The normalized spacial score (nSPS) is 20.2. The molecule has 1 N–H and O–H groups in total. The molecule has 0 radical (unpaired) electrons. The standard InChI is InChI=1S/C12H21FN4S/c1-17-11(10-5-4-7-14-9-10)15-16-12(17)18-8-3-2-6-13/h10,14H,2-9H2,1H3. The van der Waals surface area contributed by atoms with Crippen LogP contribution in [0, 0.1) is 0 Å². The van der Waals surface area contributed by atoms with Gasteiger partial charge in [-0.15, -0.1) is 10.2 Å². The third kappa shape index (κ3) is 3.45. The van der Waals surface area contributed by atoms with E-state index in [1.807, 2.05) is 7.05 Å². The number of piperidine rings is 1. The van der Waals surface area contributed by atoms with Gasteiger partial charge in [0.2, 0.25) is 0 Å². The van der Waals surface area contributed by atoms with Crippen molar-refractivity contribution >= 4 is 11.8 Å². The summed E-state index contributed by atoms with van der Waals surface area (Å²) in [4.78, 5) is 0. The van der Waals surface area contributed by atoms with Gasteiger partial charge in [-0.1, -0.05) is 11.8 Å². The maximum Gasteiger partial charge on any atom is 0.190 e. The van der Waals surface area contributed by atoms with Crippen LogP contribution in [-0.4, -0.2) is 40.3 Å². The SMILES string of the molecule is Cn1c(SCCCCF)nnc1C1CCCNC1. The van der Waals surface area contributed by atoms with E-state index >= 15 is 0 Å². The van der Waals surface area contributed by atoms with Crippen molar-refractivity contribution in [2.24, 2.45) is 7.05 Å². The van der Waals surface area contributed by atoms with Crippen molar-refractivity contribution in [3.63, 3.8) is 0 Å². The molecule has 1 aromatic rings. The molecule has 0 saturated carbocycles. The van der Waals surface area contributed by atoms with Gasteiger partial charge in [0.15, 0.2) is 5.16 Å². The van der Waals surface area contributed by atoms with Crippen LogP contribution in [0.25, 0.3) is 0 Å². The van der Waals surface area contributed by atoms with Crippen LogP contribution in [0.1, 0.15) is 37.4 Å². The van der Waals surface area contributed by atoms with E-state index in [0.717, 1.165) is 36.2 Å². The Hall–Kier alpha value is -0.620. The minimum Gasteiger partial charge on any atom is -0.316 e. The molecule has 1 aromatic heterocycles. The van der Waals surface area contributed by atoms with Crippen molar-refractivity contribution in [3.05, 3.63) is 5.82 Å². The van der Waals surface area contributed by atoms with Crippen molar-refractivity contribution < 1.29 is 4.39 Å². The number of halogens is 1. The predicted octanol–water partition coefficient (Wildman–Crippen LogP) is 2.12. The molecule has 1 atom stereocenters. The van der Waals surface area contributed by atoms with Gasteiger partial charge in [-0.2, -0.15) is 0 Å². The van der Waals surface area contributed by atoms with Gasteiger partial charge >= 0.3 is 0 Å². The first-order chi connectivity index (χ1) is 8.83. The Kier molecular flexibility index (Phi) is 5.44. The number of rotatable bonds is 6. The van der Waals surface area contributed by atoms with Crippen LogP contribution < -0.4 is 5.32 Å². The van der Waals surface area contributed by atoms with Gasteiger partial charge in [-0.25, -0.2) is 0 Å². The summed E-state index contributed by atoms with van der Waals surface area (Å²) >= 11 is 1.67. The van der Waals surface area contributed by atoms with Gasteiger partial charge in [-0.05, 0) is 32.2 Å². The highest BCUT2D eigenvalue weighted by atomic mass is 32.2. The molecule has 2 rings (SSSR count). The van der Waals surface area contributed by atoms with Gasteiger partial charge in [0.05, 0.1) is 6.67 Å².